The van der Waals surface area contributed by atoms with Crippen LogP contribution >= 0.6 is 8.07 Å². The Morgan fingerprint density at radius 3 is 2.12 bits per heavy atom. The Kier molecular flexibility index (Phi) is 3.80. The first-order valence-electron chi connectivity index (χ1n) is 2.54. The van der Waals surface area contributed by atoms with Crippen molar-refractivity contribution < 1.29 is 0 Å². The zero-order valence-electron chi connectivity index (χ0n) is 5.89. The molecule has 0 aromatic rings. The lowest BCUT2D eigenvalue weighted by Crippen LogP contribution is -2.12. The third-order valence-corrected chi connectivity index (χ3v) is 1.49. The third-order valence-electron chi connectivity index (χ3n) is 0.721. The summed E-state index contributed by atoms with van der Waals surface area (Å²) >= 11 is 0. The molecular weight excluding hydrogens is 119 g/mol. The van der Waals surface area contributed by atoms with Crippen molar-refractivity contribution in [3.8, 4) is 0 Å². The van der Waals surface area contributed by atoms with Crippen LogP contribution in [0.25, 0.3) is 0 Å². The minimum absolute atomic E-state index is 0.0265. The molecule has 0 heterocycles. The van der Waals surface area contributed by atoms with Crippen molar-refractivity contribution in [1.82, 2.24) is 5.09 Å². The number of nitrogens with zero attached hydrogens (tertiary/aromatic N) is 1. The molecule has 0 aliphatic rings. The maximum atomic E-state index is 3.95. The van der Waals surface area contributed by atoms with E-state index in [1.807, 2.05) is 6.92 Å². The highest BCUT2D eigenvalue weighted by Crippen LogP contribution is 2.16. The highest BCUT2D eigenvalue weighted by atomic mass is 31.1. The zero-order chi connectivity index (χ0) is 6.57. The van der Waals surface area contributed by atoms with Crippen molar-refractivity contribution >= 4 is 13.9 Å². The molecule has 0 amide bonds. The van der Waals surface area contributed by atoms with Crippen LogP contribution in [0.5, 0.6) is 0 Å². The number of rotatable bonds is 1. The molecule has 0 aromatic carbocycles. The summed E-state index contributed by atoms with van der Waals surface area (Å²) in [5, 5.41) is 3.21. The molecule has 0 saturated heterocycles. The third kappa shape index (κ3) is 4.07. The lowest BCUT2D eigenvalue weighted by molar-refractivity contribution is 1.32. The van der Waals surface area contributed by atoms with Gasteiger partial charge >= 0.3 is 0 Å². The molecule has 0 bridgehead atoms. The lowest BCUT2D eigenvalue weighted by Gasteiger charge is -2.06. The molecule has 1 N–H and O–H groups in total. The van der Waals surface area contributed by atoms with Crippen molar-refractivity contribution in [1.29, 1.82) is 0 Å². The van der Waals surface area contributed by atoms with E-state index in [4.69, 9.17) is 0 Å². The average molecular weight is 132 g/mol. The van der Waals surface area contributed by atoms with Gasteiger partial charge in [-0.3, -0.25) is 4.99 Å². The number of hydrogen-bond acceptors (Lipinski definition) is 1. The number of hydrogen-bond donors (Lipinski definition) is 1. The van der Waals surface area contributed by atoms with Gasteiger partial charge in [-0.25, -0.2) is 0 Å². The molecular formula is C5H13N2P. The minimum atomic E-state index is -0.0265. The molecule has 48 valence electrons. The van der Waals surface area contributed by atoms with Crippen molar-refractivity contribution in [2.75, 3.05) is 20.4 Å². The normalized spacial score (nSPS) is 12.4. The van der Waals surface area contributed by atoms with Gasteiger partial charge in [-0.15, -0.1) is 0 Å². The summed E-state index contributed by atoms with van der Waals surface area (Å²) in [4.78, 5) is 3.95. The van der Waals surface area contributed by atoms with Crippen LogP contribution in [0, 0.1) is 0 Å². The summed E-state index contributed by atoms with van der Waals surface area (Å²) in [7, 11) is 1.77. The van der Waals surface area contributed by atoms with Crippen LogP contribution in [-0.2, 0) is 0 Å². The summed E-state index contributed by atoms with van der Waals surface area (Å²) in [5.74, 6) is 1.03. The second-order valence-electron chi connectivity index (χ2n) is 1.82. The topological polar surface area (TPSA) is 24.4 Å². The average Bonchev–Trinajstić information content (AvgIpc) is 1.65. The van der Waals surface area contributed by atoms with Gasteiger partial charge in [0.2, 0.25) is 0 Å². The van der Waals surface area contributed by atoms with E-state index in [1.165, 1.54) is 0 Å². The van der Waals surface area contributed by atoms with E-state index < -0.39 is 0 Å². The molecule has 0 rings (SSSR count). The van der Waals surface area contributed by atoms with Crippen molar-refractivity contribution in [2.24, 2.45) is 4.99 Å². The van der Waals surface area contributed by atoms with E-state index in [0.717, 1.165) is 5.84 Å². The largest absolute Gasteiger partial charge is 0.354 e. The van der Waals surface area contributed by atoms with Crippen LogP contribution in [0.3, 0.4) is 0 Å². The van der Waals surface area contributed by atoms with Gasteiger partial charge in [-0.1, -0.05) is 0 Å². The summed E-state index contributed by atoms with van der Waals surface area (Å²) in [6, 6.07) is 0. The van der Waals surface area contributed by atoms with Gasteiger partial charge in [0.05, 0.1) is 5.84 Å². The molecule has 0 aliphatic heterocycles. The van der Waals surface area contributed by atoms with Gasteiger partial charge in [-0.2, -0.15) is 0 Å². The van der Waals surface area contributed by atoms with Gasteiger partial charge in [0.1, 0.15) is 0 Å². The number of amidine groups is 1. The van der Waals surface area contributed by atoms with Crippen LogP contribution in [0.15, 0.2) is 4.99 Å². The standard InChI is InChI=1S/C5H13N2P/c1-5(6-2)7-8(3)4/h1-4H3,(H,6,7). The monoisotopic (exact) mass is 132 g/mol. The molecule has 0 radical (unpaired) electrons. The molecule has 0 unspecified atom stereocenters. The first-order valence-corrected chi connectivity index (χ1v) is 4.77. The molecule has 0 saturated carbocycles. The molecule has 0 aromatic heterocycles. The number of nitrogens with one attached hydrogen (secondary N) is 1. The molecule has 0 fully saturated rings. The predicted octanol–water partition coefficient (Wildman–Crippen LogP) is 1.28. The number of aliphatic imine (C=N–C) groups is 1. The minimum Gasteiger partial charge on any atom is -0.354 e. The van der Waals surface area contributed by atoms with Crippen molar-refractivity contribution in [2.45, 2.75) is 6.92 Å². The Hall–Kier alpha value is -0.100. The van der Waals surface area contributed by atoms with E-state index >= 15 is 0 Å². The smallest absolute Gasteiger partial charge is 0.0960 e. The Balaban J connectivity index is 3.39. The molecule has 8 heavy (non-hydrogen) atoms. The van der Waals surface area contributed by atoms with Crippen LogP contribution in [0.2, 0.25) is 0 Å². The van der Waals surface area contributed by atoms with Crippen LogP contribution in [0.4, 0.5) is 0 Å². The van der Waals surface area contributed by atoms with Gasteiger partial charge in [-0.05, 0) is 28.3 Å². The van der Waals surface area contributed by atoms with E-state index in [9.17, 15) is 0 Å². The second-order valence-corrected chi connectivity index (χ2v) is 3.83. The van der Waals surface area contributed by atoms with E-state index in [2.05, 4.69) is 23.4 Å². The maximum absolute atomic E-state index is 3.95. The zero-order valence-corrected chi connectivity index (χ0v) is 6.79. The Morgan fingerprint density at radius 2 is 2.00 bits per heavy atom. The molecule has 2 nitrogen and oxygen atoms in total. The van der Waals surface area contributed by atoms with Crippen LogP contribution in [-0.4, -0.2) is 26.2 Å². The summed E-state index contributed by atoms with van der Waals surface area (Å²) in [6.45, 7) is 6.29. The van der Waals surface area contributed by atoms with Gasteiger partial charge in [0, 0.05) is 7.05 Å². The van der Waals surface area contributed by atoms with Crippen molar-refractivity contribution in [3.05, 3.63) is 0 Å². The first-order chi connectivity index (χ1) is 3.66. The summed E-state index contributed by atoms with van der Waals surface area (Å²) < 4.78 is 0. The highest BCUT2D eigenvalue weighted by Gasteiger charge is 1.88. The van der Waals surface area contributed by atoms with E-state index in [-0.39, 0.29) is 8.07 Å². The van der Waals surface area contributed by atoms with Gasteiger partial charge < -0.3 is 5.09 Å². The maximum Gasteiger partial charge on any atom is 0.0960 e. The van der Waals surface area contributed by atoms with Crippen LogP contribution in [0.1, 0.15) is 6.92 Å². The fraction of sp³-hybridized carbons (Fsp3) is 0.800. The highest BCUT2D eigenvalue weighted by molar-refractivity contribution is 7.54. The Labute approximate surface area is 52.2 Å². The molecule has 3 heteroatoms. The van der Waals surface area contributed by atoms with Crippen molar-refractivity contribution in [3.63, 3.8) is 0 Å². The SMILES string of the molecule is CN=C(C)NP(C)C. The quantitative estimate of drug-likeness (QED) is 0.324. The lowest BCUT2D eigenvalue weighted by atomic mass is 10.7. The van der Waals surface area contributed by atoms with Crippen LogP contribution < -0.4 is 5.09 Å². The summed E-state index contributed by atoms with van der Waals surface area (Å²) in [5.41, 5.74) is 0. The second kappa shape index (κ2) is 3.85. The fourth-order valence-corrected chi connectivity index (χ4v) is 1.12. The summed E-state index contributed by atoms with van der Waals surface area (Å²) in [6.07, 6.45) is 0. The van der Waals surface area contributed by atoms with E-state index in [0.29, 0.717) is 0 Å². The van der Waals surface area contributed by atoms with E-state index in [1.54, 1.807) is 7.05 Å². The molecule has 0 aliphatic carbocycles. The Morgan fingerprint density at radius 1 is 1.50 bits per heavy atom. The fourth-order valence-electron chi connectivity index (χ4n) is 0.374. The first kappa shape index (κ1) is 7.90. The molecule has 0 atom stereocenters. The Bertz CT molecular complexity index is 88.4. The molecule has 0 spiro atoms. The van der Waals surface area contributed by atoms with Gasteiger partial charge in [0.25, 0.3) is 0 Å². The predicted molar refractivity (Wildman–Crippen MR) is 40.9 cm³/mol. The van der Waals surface area contributed by atoms with Gasteiger partial charge in [0.15, 0.2) is 0 Å².